The van der Waals surface area contributed by atoms with Crippen molar-refractivity contribution in [3.05, 3.63) is 35.4 Å². The molecular weight excluding hydrogens is 252 g/mol. The largest absolute Gasteiger partial charge is 0.383 e. The maximum Gasteiger partial charge on any atom is 0.220 e. The molecule has 0 radical (unpaired) electrons. The van der Waals surface area contributed by atoms with Crippen LogP contribution in [0.15, 0.2) is 24.3 Å². The molecule has 4 heteroatoms. The number of carbonyl (C=O) groups excluding carboxylic acids is 1. The summed E-state index contributed by atoms with van der Waals surface area (Å²) in [6.07, 6.45) is 0.531. The minimum absolute atomic E-state index is 0.106. The molecule has 0 saturated carbocycles. The molecule has 0 fully saturated rings. The van der Waals surface area contributed by atoms with Crippen LogP contribution in [0.25, 0.3) is 0 Å². The van der Waals surface area contributed by atoms with Gasteiger partial charge in [0.05, 0.1) is 6.61 Å². The van der Waals surface area contributed by atoms with Crippen molar-refractivity contribution in [1.82, 2.24) is 10.6 Å². The Labute approximate surface area is 121 Å². The highest BCUT2D eigenvalue weighted by Crippen LogP contribution is 2.21. The number of nitrogens with one attached hydrogen (secondary N) is 2. The predicted octanol–water partition coefficient (Wildman–Crippen LogP) is 1.84. The summed E-state index contributed by atoms with van der Waals surface area (Å²) in [6, 6.07) is 8.23. The van der Waals surface area contributed by atoms with Crippen molar-refractivity contribution < 1.29 is 9.53 Å². The first-order chi connectivity index (χ1) is 9.65. The molecule has 20 heavy (non-hydrogen) atoms. The van der Waals surface area contributed by atoms with Gasteiger partial charge in [-0.2, -0.15) is 0 Å². The second-order valence-corrected chi connectivity index (χ2v) is 5.05. The molecule has 1 atom stereocenters. The monoisotopic (exact) mass is 278 g/mol. The summed E-state index contributed by atoms with van der Waals surface area (Å²) >= 11 is 0. The van der Waals surface area contributed by atoms with Crippen molar-refractivity contribution in [2.45, 2.75) is 26.2 Å². The standard InChI is InChI=1S/C16H26N2O2/c1-13-6-4-5-7-15(13)14(2)12-16(19)18-9-8-17-10-11-20-3/h4-7,14,17H,8-12H2,1-3H3,(H,18,19). The summed E-state index contributed by atoms with van der Waals surface area (Å²) in [7, 11) is 1.68. The average molecular weight is 278 g/mol. The molecule has 0 saturated heterocycles. The van der Waals surface area contributed by atoms with E-state index >= 15 is 0 Å². The van der Waals surface area contributed by atoms with E-state index in [1.54, 1.807) is 7.11 Å². The summed E-state index contributed by atoms with van der Waals surface area (Å²) in [5.74, 6) is 0.354. The molecule has 0 heterocycles. The molecule has 0 aliphatic carbocycles. The van der Waals surface area contributed by atoms with Crippen molar-refractivity contribution in [2.75, 3.05) is 33.4 Å². The van der Waals surface area contributed by atoms with E-state index in [-0.39, 0.29) is 11.8 Å². The Morgan fingerprint density at radius 2 is 2.00 bits per heavy atom. The molecule has 0 bridgehead atoms. The van der Waals surface area contributed by atoms with E-state index in [1.165, 1.54) is 11.1 Å². The molecule has 1 unspecified atom stereocenters. The van der Waals surface area contributed by atoms with Crippen LogP contribution in [0.4, 0.5) is 0 Å². The third kappa shape index (κ3) is 6.17. The van der Waals surface area contributed by atoms with Gasteiger partial charge in [-0.15, -0.1) is 0 Å². The smallest absolute Gasteiger partial charge is 0.220 e. The number of aryl methyl sites for hydroxylation is 1. The fourth-order valence-electron chi connectivity index (χ4n) is 2.19. The van der Waals surface area contributed by atoms with Crippen LogP contribution in [0, 0.1) is 6.92 Å². The SMILES string of the molecule is COCCNCCNC(=O)CC(C)c1ccccc1C. The third-order valence-corrected chi connectivity index (χ3v) is 3.32. The first-order valence-corrected chi connectivity index (χ1v) is 7.17. The molecular formula is C16H26N2O2. The molecule has 1 aromatic carbocycles. The number of hydrogen-bond acceptors (Lipinski definition) is 3. The van der Waals surface area contributed by atoms with Gasteiger partial charge in [-0.25, -0.2) is 0 Å². The molecule has 2 N–H and O–H groups in total. The average Bonchev–Trinajstić information content (AvgIpc) is 2.43. The molecule has 1 aromatic rings. The molecule has 4 nitrogen and oxygen atoms in total. The zero-order valence-corrected chi connectivity index (χ0v) is 12.7. The van der Waals surface area contributed by atoms with E-state index in [0.717, 1.165) is 13.1 Å². The van der Waals surface area contributed by atoms with Gasteiger partial charge in [0.1, 0.15) is 0 Å². The number of amides is 1. The van der Waals surface area contributed by atoms with Gasteiger partial charge >= 0.3 is 0 Å². The van der Waals surface area contributed by atoms with Crippen LogP contribution in [0.5, 0.6) is 0 Å². The summed E-state index contributed by atoms with van der Waals surface area (Å²) in [5, 5.41) is 6.13. The summed E-state index contributed by atoms with van der Waals surface area (Å²) < 4.78 is 4.93. The highest BCUT2D eigenvalue weighted by molar-refractivity contribution is 5.76. The van der Waals surface area contributed by atoms with Gasteiger partial charge in [0, 0.05) is 33.2 Å². The first kappa shape index (κ1) is 16.7. The summed E-state index contributed by atoms with van der Waals surface area (Å²) in [5.41, 5.74) is 2.50. The lowest BCUT2D eigenvalue weighted by Crippen LogP contribution is -2.33. The van der Waals surface area contributed by atoms with Gasteiger partial charge in [-0.3, -0.25) is 4.79 Å². The van der Waals surface area contributed by atoms with Gasteiger partial charge in [0.15, 0.2) is 0 Å². The highest BCUT2D eigenvalue weighted by atomic mass is 16.5. The lowest BCUT2D eigenvalue weighted by atomic mass is 9.93. The van der Waals surface area contributed by atoms with E-state index in [0.29, 0.717) is 19.6 Å². The van der Waals surface area contributed by atoms with Crippen molar-refractivity contribution in [3.8, 4) is 0 Å². The van der Waals surface area contributed by atoms with Crippen LogP contribution in [0.2, 0.25) is 0 Å². The van der Waals surface area contributed by atoms with Crippen molar-refractivity contribution in [1.29, 1.82) is 0 Å². The van der Waals surface area contributed by atoms with Crippen LogP contribution in [-0.2, 0) is 9.53 Å². The molecule has 0 aromatic heterocycles. The third-order valence-electron chi connectivity index (χ3n) is 3.32. The van der Waals surface area contributed by atoms with Crippen LogP contribution >= 0.6 is 0 Å². The number of hydrogen-bond donors (Lipinski definition) is 2. The topological polar surface area (TPSA) is 50.4 Å². The fraction of sp³-hybridized carbons (Fsp3) is 0.562. The maximum absolute atomic E-state index is 11.9. The van der Waals surface area contributed by atoms with Gasteiger partial charge in [-0.05, 0) is 24.0 Å². The minimum atomic E-state index is 0.106. The Hall–Kier alpha value is -1.39. The van der Waals surface area contributed by atoms with Crippen LogP contribution in [0.1, 0.15) is 30.4 Å². The second kappa shape index (κ2) is 9.50. The van der Waals surface area contributed by atoms with E-state index in [1.807, 2.05) is 12.1 Å². The molecule has 0 spiro atoms. The lowest BCUT2D eigenvalue weighted by Gasteiger charge is -2.14. The van der Waals surface area contributed by atoms with Gasteiger partial charge in [0.2, 0.25) is 5.91 Å². The molecule has 0 aliphatic heterocycles. The predicted molar refractivity (Wildman–Crippen MR) is 82.0 cm³/mol. The van der Waals surface area contributed by atoms with E-state index in [4.69, 9.17) is 4.74 Å². The van der Waals surface area contributed by atoms with Crippen LogP contribution < -0.4 is 10.6 Å². The Balaban J connectivity index is 2.23. The normalized spacial score (nSPS) is 12.2. The number of carbonyl (C=O) groups is 1. The van der Waals surface area contributed by atoms with Crippen molar-refractivity contribution in [3.63, 3.8) is 0 Å². The molecule has 1 amide bonds. The quantitative estimate of drug-likeness (QED) is 0.678. The molecule has 0 aliphatic rings. The summed E-state index contributed by atoms with van der Waals surface area (Å²) in [4.78, 5) is 11.9. The van der Waals surface area contributed by atoms with Gasteiger partial charge < -0.3 is 15.4 Å². The lowest BCUT2D eigenvalue weighted by molar-refractivity contribution is -0.121. The number of rotatable bonds is 9. The Kier molecular flexibility index (Phi) is 7.92. The Morgan fingerprint density at radius 1 is 1.25 bits per heavy atom. The van der Waals surface area contributed by atoms with E-state index < -0.39 is 0 Å². The fourth-order valence-corrected chi connectivity index (χ4v) is 2.19. The zero-order chi connectivity index (χ0) is 14.8. The Bertz CT molecular complexity index is 407. The minimum Gasteiger partial charge on any atom is -0.383 e. The number of methoxy groups -OCH3 is 1. The van der Waals surface area contributed by atoms with Crippen LogP contribution in [0.3, 0.4) is 0 Å². The molecule has 1 rings (SSSR count). The highest BCUT2D eigenvalue weighted by Gasteiger charge is 2.12. The van der Waals surface area contributed by atoms with Gasteiger partial charge in [-0.1, -0.05) is 31.2 Å². The zero-order valence-electron chi connectivity index (χ0n) is 12.7. The van der Waals surface area contributed by atoms with E-state index in [2.05, 4.69) is 36.6 Å². The number of ether oxygens (including phenoxy) is 1. The second-order valence-electron chi connectivity index (χ2n) is 5.05. The van der Waals surface area contributed by atoms with Crippen molar-refractivity contribution in [2.24, 2.45) is 0 Å². The van der Waals surface area contributed by atoms with Crippen LogP contribution in [-0.4, -0.2) is 39.3 Å². The first-order valence-electron chi connectivity index (χ1n) is 7.17. The van der Waals surface area contributed by atoms with Crippen molar-refractivity contribution >= 4 is 5.91 Å². The van der Waals surface area contributed by atoms with E-state index in [9.17, 15) is 4.79 Å². The van der Waals surface area contributed by atoms with Gasteiger partial charge in [0.25, 0.3) is 0 Å². The maximum atomic E-state index is 11.9. The number of benzene rings is 1. The summed E-state index contributed by atoms with van der Waals surface area (Å²) in [6.45, 7) is 7.11. The molecule has 112 valence electrons. The Morgan fingerprint density at radius 3 is 2.70 bits per heavy atom.